The first-order valence-corrected chi connectivity index (χ1v) is 9.14. The number of likely N-dealkylation sites (tertiary alicyclic amines) is 1. The average molecular weight is 358 g/mol. The summed E-state index contributed by atoms with van der Waals surface area (Å²) in [5, 5.41) is 0. The van der Waals surface area contributed by atoms with Crippen molar-refractivity contribution in [2.75, 3.05) is 26.3 Å². The summed E-state index contributed by atoms with van der Waals surface area (Å²) in [5.74, 6) is 0.00822. The average Bonchev–Trinajstić information content (AvgIpc) is 2.87. The van der Waals surface area contributed by atoms with Gasteiger partial charge in [0.15, 0.2) is 0 Å². The number of nitrogens with zero attached hydrogens (tertiary/aromatic N) is 2. The lowest BCUT2D eigenvalue weighted by atomic mass is 9.99. The molecule has 26 heavy (non-hydrogen) atoms. The molecule has 0 aliphatic carbocycles. The highest BCUT2D eigenvalue weighted by Crippen LogP contribution is 2.29. The lowest BCUT2D eigenvalue weighted by Crippen LogP contribution is -2.51. The van der Waals surface area contributed by atoms with Gasteiger partial charge in [0.1, 0.15) is 6.61 Å². The van der Waals surface area contributed by atoms with E-state index in [9.17, 15) is 14.4 Å². The van der Waals surface area contributed by atoms with Crippen molar-refractivity contribution in [3.63, 3.8) is 0 Å². The predicted octanol–water partition coefficient (Wildman–Crippen LogP) is 2.34. The Bertz CT molecular complexity index is 685. The summed E-state index contributed by atoms with van der Waals surface area (Å²) in [6.45, 7) is 7.39. The summed E-state index contributed by atoms with van der Waals surface area (Å²) in [4.78, 5) is 40.5. The zero-order chi connectivity index (χ0) is 18.9. The number of fused-ring (bicyclic) bond motifs is 1. The van der Waals surface area contributed by atoms with Gasteiger partial charge >= 0.3 is 0 Å². The Morgan fingerprint density at radius 3 is 2.19 bits per heavy atom. The second kappa shape index (κ2) is 7.19. The molecule has 0 radical (unpaired) electrons. The molecule has 3 amide bonds. The second-order valence-corrected chi connectivity index (χ2v) is 7.86. The SMILES string of the molecule is CC1CCN(C(=O)COCC(C)(C)N2C(=O)c3ccccc3C2=O)CC1. The molecule has 6 nitrogen and oxygen atoms in total. The van der Waals surface area contributed by atoms with Crippen LogP contribution in [0.15, 0.2) is 24.3 Å². The van der Waals surface area contributed by atoms with Crippen LogP contribution >= 0.6 is 0 Å². The largest absolute Gasteiger partial charge is 0.369 e. The molecular formula is C20H26N2O4. The van der Waals surface area contributed by atoms with Gasteiger partial charge in [0, 0.05) is 13.1 Å². The van der Waals surface area contributed by atoms with Gasteiger partial charge in [-0.3, -0.25) is 19.3 Å². The molecule has 2 aliphatic heterocycles. The number of rotatable bonds is 5. The first kappa shape index (κ1) is 18.6. The van der Waals surface area contributed by atoms with Crippen LogP contribution in [0.5, 0.6) is 0 Å². The topological polar surface area (TPSA) is 66.9 Å². The van der Waals surface area contributed by atoms with Crippen LogP contribution < -0.4 is 0 Å². The zero-order valence-electron chi connectivity index (χ0n) is 15.7. The first-order valence-electron chi connectivity index (χ1n) is 9.14. The van der Waals surface area contributed by atoms with Crippen LogP contribution in [-0.4, -0.2) is 59.4 Å². The van der Waals surface area contributed by atoms with E-state index in [2.05, 4.69) is 6.92 Å². The summed E-state index contributed by atoms with van der Waals surface area (Å²) in [6, 6.07) is 6.81. The normalized spacial score (nSPS) is 18.4. The molecule has 0 unspecified atom stereocenters. The molecule has 1 aromatic carbocycles. The molecule has 0 spiro atoms. The molecule has 0 atom stereocenters. The molecule has 3 rings (SSSR count). The number of carbonyl (C=O) groups excluding carboxylic acids is 3. The molecule has 2 aliphatic rings. The fourth-order valence-electron chi connectivity index (χ4n) is 3.54. The minimum atomic E-state index is -0.829. The van der Waals surface area contributed by atoms with E-state index < -0.39 is 5.54 Å². The molecule has 1 aromatic rings. The van der Waals surface area contributed by atoms with E-state index in [0.29, 0.717) is 17.0 Å². The molecule has 2 heterocycles. The Morgan fingerprint density at radius 2 is 1.65 bits per heavy atom. The Labute approximate surface area is 154 Å². The van der Waals surface area contributed by atoms with Crippen molar-refractivity contribution in [3.8, 4) is 0 Å². The van der Waals surface area contributed by atoms with E-state index in [0.717, 1.165) is 25.9 Å². The molecule has 0 N–H and O–H groups in total. The monoisotopic (exact) mass is 358 g/mol. The van der Waals surface area contributed by atoms with Crippen LogP contribution in [-0.2, 0) is 9.53 Å². The standard InChI is InChI=1S/C20H26N2O4/c1-14-8-10-21(11-9-14)17(23)12-26-13-20(2,3)22-18(24)15-6-4-5-7-16(15)19(22)25/h4-7,14H,8-13H2,1-3H3. The molecule has 1 fully saturated rings. The summed E-state index contributed by atoms with van der Waals surface area (Å²) < 4.78 is 5.61. The van der Waals surface area contributed by atoms with Crippen LogP contribution in [0.1, 0.15) is 54.3 Å². The van der Waals surface area contributed by atoms with Gasteiger partial charge in [-0.15, -0.1) is 0 Å². The van der Waals surface area contributed by atoms with E-state index in [1.54, 1.807) is 38.1 Å². The van der Waals surface area contributed by atoms with Crippen LogP contribution in [0, 0.1) is 5.92 Å². The molecular weight excluding hydrogens is 332 g/mol. The summed E-state index contributed by atoms with van der Waals surface area (Å²) >= 11 is 0. The number of imide groups is 1. The van der Waals surface area contributed by atoms with E-state index in [4.69, 9.17) is 4.74 Å². The van der Waals surface area contributed by atoms with Gasteiger partial charge in [-0.25, -0.2) is 0 Å². The molecule has 140 valence electrons. The maximum Gasteiger partial charge on any atom is 0.262 e. The molecule has 0 bridgehead atoms. The van der Waals surface area contributed by atoms with Crippen LogP contribution in [0.2, 0.25) is 0 Å². The fraction of sp³-hybridized carbons (Fsp3) is 0.550. The van der Waals surface area contributed by atoms with Crippen LogP contribution in [0.4, 0.5) is 0 Å². The van der Waals surface area contributed by atoms with Gasteiger partial charge in [-0.05, 0) is 44.7 Å². The zero-order valence-corrected chi connectivity index (χ0v) is 15.7. The third kappa shape index (κ3) is 3.51. The number of ether oxygens (including phenoxy) is 1. The molecule has 1 saturated heterocycles. The number of hydrogen-bond acceptors (Lipinski definition) is 4. The quantitative estimate of drug-likeness (QED) is 0.758. The summed E-state index contributed by atoms with van der Waals surface area (Å²) in [7, 11) is 0. The maximum atomic E-state index is 12.6. The van der Waals surface area contributed by atoms with Crippen molar-refractivity contribution >= 4 is 17.7 Å². The Kier molecular flexibility index (Phi) is 5.14. The van der Waals surface area contributed by atoms with Crippen molar-refractivity contribution in [2.24, 2.45) is 5.92 Å². The van der Waals surface area contributed by atoms with Gasteiger partial charge in [0.05, 0.1) is 23.3 Å². The highest BCUT2D eigenvalue weighted by molar-refractivity contribution is 6.21. The smallest absolute Gasteiger partial charge is 0.262 e. The number of benzene rings is 1. The summed E-state index contributed by atoms with van der Waals surface area (Å²) in [5.41, 5.74) is 0.0114. The van der Waals surface area contributed by atoms with Crippen molar-refractivity contribution in [3.05, 3.63) is 35.4 Å². The van der Waals surface area contributed by atoms with Gasteiger partial charge in [-0.2, -0.15) is 0 Å². The van der Waals surface area contributed by atoms with Crippen LogP contribution in [0.25, 0.3) is 0 Å². The predicted molar refractivity (Wildman–Crippen MR) is 96.8 cm³/mol. The number of piperidine rings is 1. The Morgan fingerprint density at radius 1 is 1.12 bits per heavy atom. The minimum Gasteiger partial charge on any atom is -0.369 e. The van der Waals surface area contributed by atoms with Crippen molar-refractivity contribution in [2.45, 2.75) is 39.2 Å². The van der Waals surface area contributed by atoms with E-state index >= 15 is 0 Å². The Balaban J connectivity index is 1.57. The molecule has 6 heteroatoms. The minimum absolute atomic E-state index is 0.0268. The lowest BCUT2D eigenvalue weighted by molar-refractivity contribution is -0.138. The summed E-state index contributed by atoms with van der Waals surface area (Å²) in [6.07, 6.45) is 2.04. The second-order valence-electron chi connectivity index (χ2n) is 7.86. The fourth-order valence-corrected chi connectivity index (χ4v) is 3.54. The molecule has 0 aromatic heterocycles. The lowest BCUT2D eigenvalue weighted by Gasteiger charge is -2.34. The first-order chi connectivity index (χ1) is 12.3. The number of hydrogen-bond donors (Lipinski definition) is 0. The van der Waals surface area contributed by atoms with E-state index in [1.807, 2.05) is 4.90 Å². The van der Waals surface area contributed by atoms with Gasteiger partial charge in [0.2, 0.25) is 5.91 Å². The van der Waals surface area contributed by atoms with Gasteiger partial charge < -0.3 is 9.64 Å². The van der Waals surface area contributed by atoms with Crippen LogP contribution in [0.3, 0.4) is 0 Å². The molecule has 0 saturated carbocycles. The van der Waals surface area contributed by atoms with Gasteiger partial charge in [0.25, 0.3) is 11.8 Å². The Hall–Kier alpha value is -2.21. The highest BCUT2D eigenvalue weighted by atomic mass is 16.5. The third-order valence-electron chi connectivity index (χ3n) is 5.22. The van der Waals surface area contributed by atoms with Crippen molar-refractivity contribution < 1.29 is 19.1 Å². The third-order valence-corrected chi connectivity index (χ3v) is 5.22. The maximum absolute atomic E-state index is 12.6. The van der Waals surface area contributed by atoms with Crippen molar-refractivity contribution in [1.29, 1.82) is 0 Å². The van der Waals surface area contributed by atoms with E-state index in [-0.39, 0.29) is 30.9 Å². The highest BCUT2D eigenvalue weighted by Gasteiger charge is 2.44. The number of amides is 3. The van der Waals surface area contributed by atoms with E-state index in [1.165, 1.54) is 4.90 Å². The van der Waals surface area contributed by atoms with Crippen molar-refractivity contribution in [1.82, 2.24) is 9.80 Å². The van der Waals surface area contributed by atoms with Gasteiger partial charge in [-0.1, -0.05) is 19.1 Å². The number of carbonyl (C=O) groups is 3.